The van der Waals surface area contributed by atoms with Gasteiger partial charge in [0.25, 0.3) is 5.91 Å². The zero-order chi connectivity index (χ0) is 22.7. The maximum absolute atomic E-state index is 12.9. The molecule has 0 bridgehead atoms. The van der Waals surface area contributed by atoms with Gasteiger partial charge in [-0.1, -0.05) is 36.4 Å². The Bertz CT molecular complexity index is 1270. The van der Waals surface area contributed by atoms with Crippen molar-refractivity contribution in [2.75, 3.05) is 12.3 Å². The van der Waals surface area contributed by atoms with E-state index < -0.39 is 11.7 Å². The van der Waals surface area contributed by atoms with Crippen LogP contribution in [0.1, 0.15) is 21.6 Å². The zero-order valence-electron chi connectivity index (χ0n) is 17.0. The van der Waals surface area contributed by atoms with E-state index in [-0.39, 0.29) is 5.91 Å². The zero-order valence-corrected chi connectivity index (χ0v) is 17.0. The highest BCUT2D eigenvalue weighted by atomic mass is 19.4. The molecule has 1 heterocycles. The van der Waals surface area contributed by atoms with Crippen LogP contribution in [0.5, 0.6) is 0 Å². The van der Waals surface area contributed by atoms with Crippen molar-refractivity contribution < 1.29 is 18.0 Å². The first-order valence-corrected chi connectivity index (χ1v) is 10.0. The summed E-state index contributed by atoms with van der Waals surface area (Å²) in [5.74, 6) is -0.212. The SMILES string of the molecule is Nc1ccnc(CCNC(=O)c2ccc3c(-c4ccc(C(F)(F)F)cc4)cccc3c2)c1. The third-order valence-electron chi connectivity index (χ3n) is 5.17. The van der Waals surface area contributed by atoms with E-state index in [1.807, 2.05) is 24.3 Å². The quantitative estimate of drug-likeness (QED) is 0.437. The Balaban J connectivity index is 1.51. The number of halogens is 3. The fraction of sp³-hybridized carbons (Fsp3) is 0.120. The minimum Gasteiger partial charge on any atom is -0.399 e. The van der Waals surface area contributed by atoms with Crippen LogP contribution in [0.4, 0.5) is 18.9 Å². The molecule has 0 saturated carbocycles. The lowest BCUT2D eigenvalue weighted by Crippen LogP contribution is -2.25. The number of aromatic nitrogens is 1. The molecule has 0 aliphatic carbocycles. The number of carbonyl (C=O) groups excluding carboxylic acids is 1. The van der Waals surface area contributed by atoms with Gasteiger partial charge in [-0.25, -0.2) is 0 Å². The number of nitrogens with two attached hydrogens (primary N) is 1. The number of carbonyl (C=O) groups is 1. The van der Waals surface area contributed by atoms with Gasteiger partial charge in [0.1, 0.15) is 0 Å². The highest BCUT2D eigenvalue weighted by Gasteiger charge is 2.30. The van der Waals surface area contributed by atoms with Gasteiger partial charge in [0.15, 0.2) is 0 Å². The number of fused-ring (bicyclic) bond motifs is 1. The first-order valence-electron chi connectivity index (χ1n) is 10.0. The summed E-state index contributed by atoms with van der Waals surface area (Å²) >= 11 is 0. The van der Waals surface area contributed by atoms with Crippen LogP contribution in [0.2, 0.25) is 0 Å². The lowest BCUT2D eigenvalue weighted by atomic mass is 9.96. The number of pyridine rings is 1. The number of alkyl halides is 3. The first kappa shape index (κ1) is 21.4. The summed E-state index contributed by atoms with van der Waals surface area (Å²) in [6.07, 6.45) is -2.19. The van der Waals surface area contributed by atoms with Crippen LogP contribution < -0.4 is 11.1 Å². The van der Waals surface area contributed by atoms with Crippen LogP contribution in [-0.4, -0.2) is 17.4 Å². The maximum Gasteiger partial charge on any atom is 0.416 e. The maximum atomic E-state index is 12.9. The first-order chi connectivity index (χ1) is 15.3. The van der Waals surface area contributed by atoms with E-state index in [1.54, 1.807) is 30.5 Å². The highest BCUT2D eigenvalue weighted by molar-refractivity contribution is 6.02. The molecular formula is C25H20F3N3O. The molecule has 0 aliphatic rings. The second kappa shape index (κ2) is 8.70. The van der Waals surface area contributed by atoms with Crippen molar-refractivity contribution in [1.82, 2.24) is 10.3 Å². The minimum absolute atomic E-state index is 0.212. The Morgan fingerprint density at radius 2 is 1.75 bits per heavy atom. The number of hydrogen-bond donors (Lipinski definition) is 2. The van der Waals surface area contributed by atoms with Gasteiger partial charge in [0.2, 0.25) is 0 Å². The molecule has 162 valence electrons. The molecule has 32 heavy (non-hydrogen) atoms. The van der Waals surface area contributed by atoms with Crippen molar-refractivity contribution in [3.8, 4) is 11.1 Å². The summed E-state index contributed by atoms with van der Waals surface area (Å²) in [5.41, 5.74) is 8.45. The van der Waals surface area contributed by atoms with Gasteiger partial charge in [0, 0.05) is 36.1 Å². The van der Waals surface area contributed by atoms with Gasteiger partial charge < -0.3 is 11.1 Å². The lowest BCUT2D eigenvalue weighted by molar-refractivity contribution is -0.137. The molecule has 0 saturated heterocycles. The van der Waals surface area contributed by atoms with Crippen LogP contribution in [-0.2, 0) is 12.6 Å². The predicted molar refractivity (Wildman–Crippen MR) is 119 cm³/mol. The summed E-state index contributed by atoms with van der Waals surface area (Å²) < 4.78 is 38.6. The van der Waals surface area contributed by atoms with Gasteiger partial charge in [-0.15, -0.1) is 0 Å². The standard InChI is InChI=1S/C25H20F3N3O/c26-25(27,28)19-7-4-16(5-8-19)22-3-1-2-17-14-18(6-9-23(17)22)24(32)31-13-11-21-15-20(29)10-12-30-21/h1-10,12,14-15H,11,13H2,(H2,29,30)(H,31,32). The molecule has 0 radical (unpaired) electrons. The number of amides is 1. The van der Waals surface area contributed by atoms with E-state index in [0.29, 0.717) is 29.8 Å². The van der Waals surface area contributed by atoms with Crippen LogP contribution in [0.25, 0.3) is 21.9 Å². The van der Waals surface area contributed by atoms with E-state index in [1.165, 1.54) is 12.1 Å². The molecule has 0 atom stereocenters. The average molecular weight is 435 g/mol. The molecule has 4 aromatic rings. The summed E-state index contributed by atoms with van der Waals surface area (Å²) in [6.45, 7) is 0.416. The number of rotatable bonds is 5. The van der Waals surface area contributed by atoms with Gasteiger partial charge in [0.05, 0.1) is 5.56 Å². The molecule has 3 aromatic carbocycles. The Kier molecular flexibility index (Phi) is 5.81. The van der Waals surface area contributed by atoms with Crippen molar-refractivity contribution >= 4 is 22.4 Å². The van der Waals surface area contributed by atoms with Crippen molar-refractivity contribution in [3.05, 3.63) is 95.8 Å². The molecular weight excluding hydrogens is 415 g/mol. The fourth-order valence-corrected chi connectivity index (χ4v) is 3.56. The van der Waals surface area contributed by atoms with E-state index in [0.717, 1.165) is 34.2 Å². The number of benzene rings is 3. The molecule has 3 N–H and O–H groups in total. The molecule has 7 heteroatoms. The Morgan fingerprint density at radius 3 is 2.47 bits per heavy atom. The second-order valence-corrected chi connectivity index (χ2v) is 7.40. The average Bonchev–Trinajstić information content (AvgIpc) is 2.78. The molecule has 1 amide bonds. The molecule has 0 aliphatic heterocycles. The van der Waals surface area contributed by atoms with E-state index in [2.05, 4.69) is 10.3 Å². The molecule has 0 fully saturated rings. The van der Waals surface area contributed by atoms with Crippen LogP contribution >= 0.6 is 0 Å². The smallest absolute Gasteiger partial charge is 0.399 e. The fourth-order valence-electron chi connectivity index (χ4n) is 3.56. The molecule has 1 aromatic heterocycles. The van der Waals surface area contributed by atoms with Gasteiger partial charge in [-0.3, -0.25) is 9.78 Å². The Morgan fingerprint density at radius 1 is 0.969 bits per heavy atom. The minimum atomic E-state index is -4.37. The van der Waals surface area contributed by atoms with Gasteiger partial charge >= 0.3 is 6.18 Å². The van der Waals surface area contributed by atoms with Crippen molar-refractivity contribution in [1.29, 1.82) is 0 Å². The number of nitrogens with zero attached hydrogens (tertiary/aromatic N) is 1. The summed E-state index contributed by atoms with van der Waals surface area (Å²) in [6, 6.07) is 19.4. The normalized spacial score (nSPS) is 11.5. The van der Waals surface area contributed by atoms with Gasteiger partial charge in [-0.05, 0) is 58.3 Å². The summed E-state index contributed by atoms with van der Waals surface area (Å²) in [4.78, 5) is 16.8. The Hall–Kier alpha value is -3.87. The molecule has 0 spiro atoms. The summed E-state index contributed by atoms with van der Waals surface area (Å²) in [7, 11) is 0. The number of anilines is 1. The van der Waals surface area contributed by atoms with E-state index in [4.69, 9.17) is 5.73 Å². The largest absolute Gasteiger partial charge is 0.416 e. The third kappa shape index (κ3) is 4.72. The lowest BCUT2D eigenvalue weighted by Gasteiger charge is -2.11. The third-order valence-corrected chi connectivity index (χ3v) is 5.17. The van der Waals surface area contributed by atoms with E-state index >= 15 is 0 Å². The number of hydrogen-bond acceptors (Lipinski definition) is 3. The van der Waals surface area contributed by atoms with Crippen molar-refractivity contribution in [3.63, 3.8) is 0 Å². The van der Waals surface area contributed by atoms with Crippen LogP contribution in [0.15, 0.2) is 79.0 Å². The molecule has 0 unspecified atom stereocenters. The molecule has 4 nitrogen and oxygen atoms in total. The summed E-state index contributed by atoms with van der Waals surface area (Å²) in [5, 5.41) is 4.55. The van der Waals surface area contributed by atoms with Crippen molar-refractivity contribution in [2.24, 2.45) is 0 Å². The molecule has 4 rings (SSSR count). The Labute approximate surface area is 182 Å². The van der Waals surface area contributed by atoms with Crippen molar-refractivity contribution in [2.45, 2.75) is 12.6 Å². The second-order valence-electron chi connectivity index (χ2n) is 7.40. The topological polar surface area (TPSA) is 68.0 Å². The highest BCUT2D eigenvalue weighted by Crippen LogP contribution is 2.33. The monoisotopic (exact) mass is 435 g/mol. The predicted octanol–water partition coefficient (Wildman–Crippen LogP) is 5.48. The van der Waals surface area contributed by atoms with Gasteiger partial charge in [-0.2, -0.15) is 13.2 Å². The number of nitrogen functional groups attached to an aromatic ring is 1. The number of nitrogens with one attached hydrogen (secondary N) is 1. The van der Waals surface area contributed by atoms with Crippen LogP contribution in [0.3, 0.4) is 0 Å². The van der Waals surface area contributed by atoms with E-state index in [9.17, 15) is 18.0 Å². The van der Waals surface area contributed by atoms with Crippen LogP contribution in [0, 0.1) is 0 Å².